The molecule has 0 amide bonds. The van der Waals surface area contributed by atoms with Gasteiger partial charge >= 0.3 is 0 Å². The normalized spacial score (nSPS) is 12.9. The van der Waals surface area contributed by atoms with Crippen LogP contribution in [-0.4, -0.2) is 22.0 Å². The Morgan fingerprint density at radius 2 is 1.94 bits per heavy atom. The summed E-state index contributed by atoms with van der Waals surface area (Å²) in [7, 11) is 1.63. The van der Waals surface area contributed by atoms with E-state index in [1.165, 1.54) is 12.1 Å². The van der Waals surface area contributed by atoms with Gasteiger partial charge in [-0.3, -0.25) is 4.79 Å². The van der Waals surface area contributed by atoms with Gasteiger partial charge in [0.2, 0.25) is 7.28 Å². The van der Waals surface area contributed by atoms with Crippen molar-refractivity contribution in [1.82, 2.24) is 0 Å². The minimum Gasteiger partial charge on any atom is -0.297 e. The fourth-order valence-electron chi connectivity index (χ4n) is 1.31. The molecular weight excluding hydrogens is 317 g/mol. The molecule has 0 aliphatic rings. The van der Waals surface area contributed by atoms with Crippen LogP contribution in [0, 0.1) is 6.92 Å². The van der Waals surface area contributed by atoms with E-state index in [1.54, 1.807) is 13.0 Å². The van der Waals surface area contributed by atoms with E-state index in [0.717, 1.165) is 5.56 Å². The molecule has 0 radical (unpaired) electrons. The average molecular weight is 325 g/mol. The molecule has 0 bridgehead atoms. The molecule has 0 unspecified atom stereocenters. The number of carbonyl (C=O) groups is 1. The van der Waals surface area contributed by atoms with Gasteiger partial charge in [0.05, 0.1) is 9.93 Å². The summed E-state index contributed by atoms with van der Waals surface area (Å²) in [5.74, 6) is 0. The van der Waals surface area contributed by atoms with Crippen molar-refractivity contribution < 1.29 is 13.2 Å². The van der Waals surface area contributed by atoms with E-state index < -0.39 is 9.05 Å². The number of rotatable bonds is 4. The summed E-state index contributed by atoms with van der Waals surface area (Å²) in [6.45, 7) is 1.79. The van der Waals surface area contributed by atoms with E-state index in [9.17, 15) is 13.2 Å². The highest BCUT2D eigenvalue weighted by molar-refractivity contribution is 8.13. The maximum atomic E-state index is 11.2. The van der Waals surface area contributed by atoms with Gasteiger partial charge in [-0.25, -0.2) is 8.42 Å². The van der Waals surface area contributed by atoms with Crippen LogP contribution in [0.15, 0.2) is 33.1 Å². The van der Waals surface area contributed by atoms with Crippen LogP contribution in [0.2, 0.25) is 0 Å². The van der Waals surface area contributed by atoms with Gasteiger partial charge in [0.1, 0.15) is 0 Å². The molecule has 0 aliphatic heterocycles. The van der Waals surface area contributed by atoms with E-state index in [-0.39, 0.29) is 22.1 Å². The number of carbonyl (C=O) groups excluding carboxylic acids is 1. The first-order valence-corrected chi connectivity index (χ1v) is 7.85. The lowest BCUT2D eigenvalue weighted by atomic mass is 9.68. The lowest BCUT2D eigenvalue weighted by Gasteiger charge is -2.06. The zero-order chi connectivity index (χ0) is 13.9. The molecule has 8 heteroatoms. The quantitative estimate of drug-likeness (QED) is 0.367. The fraction of sp³-hybridized carbons (Fsp3) is 0.100. The highest BCUT2D eigenvalue weighted by atomic mass is 35.7. The van der Waals surface area contributed by atoms with E-state index >= 15 is 0 Å². The molecule has 3 nitrogen and oxygen atoms in total. The molecule has 96 valence electrons. The number of aryl methyl sites for hydroxylation is 1. The zero-order valence-corrected chi connectivity index (χ0v) is 12.4. The zero-order valence-electron chi connectivity index (χ0n) is 9.28. The molecule has 0 saturated heterocycles. The van der Waals surface area contributed by atoms with Gasteiger partial charge in [-0.1, -0.05) is 40.3 Å². The molecular formula is C10H8BCl3O3S. The lowest BCUT2D eigenvalue weighted by molar-refractivity contribution is -0.104. The van der Waals surface area contributed by atoms with Crippen LogP contribution < -0.4 is 5.46 Å². The molecule has 1 aromatic rings. The largest absolute Gasteiger partial charge is 0.297 e. The van der Waals surface area contributed by atoms with E-state index in [4.69, 9.17) is 33.9 Å². The SMILES string of the molecule is Cc1ccc(S(=O)(=O)Cl)cc1B/C(Cl)=C(/Cl)C=O. The first-order chi connectivity index (χ1) is 8.25. The van der Waals surface area contributed by atoms with Crippen LogP contribution in [-0.2, 0) is 13.8 Å². The number of hydrogen-bond donors (Lipinski definition) is 0. The summed E-state index contributed by atoms with van der Waals surface area (Å²) in [6, 6.07) is 4.43. The standard InChI is InChI=1S/C10H8BCl3O3S/c1-6-2-3-7(18(14,16)17)4-8(6)11-10(13)9(12)5-15/h2-5,11H,1H3/b10-9-. The monoisotopic (exact) mass is 324 g/mol. The molecule has 0 heterocycles. The van der Waals surface area contributed by atoms with Gasteiger partial charge < -0.3 is 0 Å². The molecule has 0 aliphatic carbocycles. The molecule has 0 aromatic heterocycles. The second kappa shape index (κ2) is 6.11. The Morgan fingerprint density at radius 1 is 1.33 bits per heavy atom. The van der Waals surface area contributed by atoms with Crippen molar-refractivity contribution in [3.63, 3.8) is 0 Å². The number of allylic oxidation sites excluding steroid dienone is 1. The second-order valence-corrected chi connectivity index (χ2v) is 7.00. The maximum Gasteiger partial charge on any atom is 0.261 e. The first kappa shape index (κ1) is 15.6. The molecule has 0 atom stereocenters. The second-order valence-electron chi connectivity index (χ2n) is 3.57. The van der Waals surface area contributed by atoms with Gasteiger partial charge in [0, 0.05) is 15.6 Å². The van der Waals surface area contributed by atoms with E-state index in [0.29, 0.717) is 11.7 Å². The van der Waals surface area contributed by atoms with Crippen LogP contribution in [0.5, 0.6) is 0 Å². The predicted molar refractivity (Wildman–Crippen MR) is 75.8 cm³/mol. The van der Waals surface area contributed by atoms with E-state index in [2.05, 4.69) is 0 Å². The van der Waals surface area contributed by atoms with Crippen molar-refractivity contribution >= 4 is 62.0 Å². The number of halogens is 3. The van der Waals surface area contributed by atoms with Gasteiger partial charge in [-0.05, 0) is 19.1 Å². The summed E-state index contributed by atoms with van der Waals surface area (Å²) in [5, 5.41) is -0.102. The summed E-state index contributed by atoms with van der Waals surface area (Å²) in [6.07, 6.45) is 0.432. The first-order valence-electron chi connectivity index (χ1n) is 4.79. The lowest BCUT2D eigenvalue weighted by Crippen LogP contribution is -2.19. The maximum absolute atomic E-state index is 11.2. The van der Waals surface area contributed by atoms with Crippen molar-refractivity contribution in [3.05, 3.63) is 33.7 Å². The van der Waals surface area contributed by atoms with Crippen LogP contribution in [0.3, 0.4) is 0 Å². The Morgan fingerprint density at radius 3 is 2.44 bits per heavy atom. The van der Waals surface area contributed by atoms with Gasteiger partial charge in [-0.2, -0.15) is 0 Å². The third kappa shape index (κ3) is 4.02. The summed E-state index contributed by atoms with van der Waals surface area (Å²) < 4.78 is 22.4. The summed E-state index contributed by atoms with van der Waals surface area (Å²) in [5.41, 5.74) is 1.47. The Balaban J connectivity index is 3.22. The average Bonchev–Trinajstić information content (AvgIpc) is 2.29. The molecule has 1 rings (SSSR count). The van der Waals surface area contributed by atoms with Gasteiger partial charge in [0.25, 0.3) is 9.05 Å². The fourth-order valence-corrected chi connectivity index (χ4v) is 2.36. The molecule has 0 N–H and O–H groups in total. The van der Waals surface area contributed by atoms with Crippen LogP contribution >= 0.6 is 33.9 Å². The third-order valence-electron chi connectivity index (χ3n) is 2.31. The topological polar surface area (TPSA) is 51.2 Å². The Hall–Kier alpha value is -0.485. The third-order valence-corrected chi connectivity index (χ3v) is 4.41. The highest BCUT2D eigenvalue weighted by Gasteiger charge is 2.14. The molecule has 0 spiro atoms. The van der Waals surface area contributed by atoms with Crippen molar-refractivity contribution in [3.8, 4) is 0 Å². The predicted octanol–water partition coefficient (Wildman–Crippen LogP) is 1.83. The highest BCUT2D eigenvalue weighted by Crippen LogP contribution is 2.16. The van der Waals surface area contributed by atoms with Crippen molar-refractivity contribution in [2.75, 3.05) is 0 Å². The number of aldehydes is 1. The van der Waals surface area contributed by atoms with E-state index in [1.807, 2.05) is 0 Å². The van der Waals surface area contributed by atoms with Gasteiger partial charge in [-0.15, -0.1) is 0 Å². The number of benzene rings is 1. The Kier molecular flexibility index (Phi) is 5.28. The van der Waals surface area contributed by atoms with Crippen LogP contribution in [0.4, 0.5) is 0 Å². The molecule has 1 aromatic carbocycles. The summed E-state index contributed by atoms with van der Waals surface area (Å²) in [4.78, 5) is 10.6. The summed E-state index contributed by atoms with van der Waals surface area (Å²) >= 11 is 11.4. The minimum absolute atomic E-state index is 0.0172. The number of hydrogen-bond acceptors (Lipinski definition) is 3. The van der Waals surface area contributed by atoms with Crippen molar-refractivity contribution in [1.29, 1.82) is 0 Å². The van der Waals surface area contributed by atoms with Crippen LogP contribution in [0.25, 0.3) is 0 Å². The smallest absolute Gasteiger partial charge is 0.261 e. The van der Waals surface area contributed by atoms with Crippen molar-refractivity contribution in [2.24, 2.45) is 0 Å². The Bertz CT molecular complexity index is 611. The van der Waals surface area contributed by atoms with Crippen LogP contribution in [0.1, 0.15) is 5.56 Å². The van der Waals surface area contributed by atoms with Crippen molar-refractivity contribution in [2.45, 2.75) is 11.8 Å². The molecule has 18 heavy (non-hydrogen) atoms. The Labute approximate surface area is 120 Å². The minimum atomic E-state index is -3.79. The van der Waals surface area contributed by atoms with Gasteiger partial charge in [0.15, 0.2) is 6.29 Å². The molecule has 0 fully saturated rings. The molecule has 0 saturated carbocycles.